The molecule has 0 unspecified atom stereocenters. The Hall–Kier alpha value is -0.550. The molecule has 0 spiro atoms. The van der Waals surface area contributed by atoms with Crippen LogP contribution in [0.1, 0.15) is 128 Å². The molecule has 32 heavy (non-hydrogen) atoms. The van der Waals surface area contributed by atoms with Crippen molar-refractivity contribution in [1.82, 2.24) is 15.0 Å². The summed E-state index contributed by atoms with van der Waals surface area (Å²) in [6.07, 6.45) is 25.3. The average molecular weight is 569 g/mol. The molecule has 0 fully saturated rings. The van der Waals surface area contributed by atoms with Gasteiger partial charge in [-0.25, -0.2) is 15.0 Å². The Labute approximate surface area is 213 Å². The summed E-state index contributed by atoms with van der Waals surface area (Å²) in [6.45, 7) is 4.56. The summed E-state index contributed by atoms with van der Waals surface area (Å²) in [6, 6.07) is 0. The third-order valence-electron chi connectivity index (χ3n) is 6.30. The largest absolute Gasteiger partial charge is 0.248 e. The first kappa shape index (κ1) is 27.7. The number of nitrogens with zero attached hydrogens (tertiary/aromatic N) is 3. The molecule has 2 rings (SSSR count). The van der Waals surface area contributed by atoms with Gasteiger partial charge in [-0.1, -0.05) is 104 Å². The van der Waals surface area contributed by atoms with E-state index in [1.807, 2.05) is 6.20 Å². The Bertz CT molecular complexity index is 715. The first-order valence-electron chi connectivity index (χ1n) is 13.2. The first-order valence-corrected chi connectivity index (χ1v) is 14.8. The van der Waals surface area contributed by atoms with Crippen LogP contribution in [0, 0.1) is 0 Å². The van der Waals surface area contributed by atoms with Gasteiger partial charge in [0.25, 0.3) is 0 Å². The van der Waals surface area contributed by atoms with Crippen LogP contribution in [0.3, 0.4) is 0 Å². The second-order valence-electron chi connectivity index (χ2n) is 9.16. The van der Waals surface area contributed by atoms with Crippen LogP contribution >= 0.6 is 31.9 Å². The molecule has 0 atom stereocenters. The van der Waals surface area contributed by atoms with E-state index in [0.29, 0.717) is 0 Å². The van der Waals surface area contributed by atoms with Crippen molar-refractivity contribution in [1.29, 1.82) is 0 Å². The fourth-order valence-electron chi connectivity index (χ4n) is 4.30. The molecule has 0 amide bonds. The molecule has 0 saturated carbocycles. The van der Waals surface area contributed by atoms with Gasteiger partial charge in [-0.15, -0.1) is 0 Å². The van der Waals surface area contributed by atoms with E-state index < -0.39 is 0 Å². The van der Waals surface area contributed by atoms with Gasteiger partial charge in [0.1, 0.15) is 15.6 Å². The average Bonchev–Trinajstić information content (AvgIpc) is 2.80. The Morgan fingerprint density at radius 2 is 0.969 bits per heavy atom. The zero-order valence-electron chi connectivity index (χ0n) is 20.4. The molecular weight excluding hydrogens is 526 g/mol. The van der Waals surface area contributed by atoms with Gasteiger partial charge >= 0.3 is 0 Å². The molecule has 5 heteroatoms. The van der Waals surface area contributed by atoms with Gasteiger partial charge in [-0.3, -0.25) is 0 Å². The predicted molar refractivity (Wildman–Crippen MR) is 145 cm³/mol. The molecule has 2 aromatic rings. The van der Waals surface area contributed by atoms with Crippen molar-refractivity contribution < 1.29 is 0 Å². The summed E-state index contributed by atoms with van der Waals surface area (Å²) in [5.74, 6) is 0. The molecule has 0 aliphatic rings. The monoisotopic (exact) mass is 567 g/mol. The van der Waals surface area contributed by atoms with Crippen LogP contribution < -0.4 is 0 Å². The van der Waals surface area contributed by atoms with Gasteiger partial charge < -0.3 is 0 Å². The van der Waals surface area contributed by atoms with Gasteiger partial charge in [0.15, 0.2) is 0 Å². The minimum absolute atomic E-state index is 0.791. The number of hydrogen-bond acceptors (Lipinski definition) is 3. The Kier molecular flexibility index (Phi) is 14.7. The van der Waals surface area contributed by atoms with Gasteiger partial charge in [0, 0.05) is 6.20 Å². The number of aryl methyl sites for hydroxylation is 2. The number of hydrogen-bond donors (Lipinski definition) is 0. The molecule has 0 N–H and O–H groups in total. The molecule has 2 aromatic heterocycles. The van der Waals surface area contributed by atoms with E-state index in [4.69, 9.17) is 9.97 Å². The number of aromatic nitrogens is 3. The number of fused-ring (bicyclic) bond motifs is 1. The normalized spacial score (nSPS) is 11.5. The fraction of sp³-hybridized carbons (Fsp3) is 0.741. The zero-order valence-corrected chi connectivity index (χ0v) is 23.6. The lowest BCUT2D eigenvalue weighted by molar-refractivity contribution is 0.567. The highest BCUT2D eigenvalue weighted by Gasteiger charge is 2.14. The van der Waals surface area contributed by atoms with Gasteiger partial charge in [0.05, 0.1) is 15.9 Å². The molecule has 0 saturated heterocycles. The summed E-state index contributed by atoms with van der Waals surface area (Å²) in [5.41, 5.74) is 4.20. The summed E-state index contributed by atoms with van der Waals surface area (Å²) >= 11 is 7.20. The van der Waals surface area contributed by atoms with Gasteiger partial charge in [0.2, 0.25) is 0 Å². The summed E-state index contributed by atoms with van der Waals surface area (Å²) in [4.78, 5) is 14.5. The van der Waals surface area contributed by atoms with Crippen LogP contribution in [-0.2, 0) is 12.8 Å². The van der Waals surface area contributed by atoms with E-state index in [9.17, 15) is 0 Å². The van der Waals surface area contributed by atoms with Crippen LogP contribution in [0.2, 0.25) is 0 Å². The third-order valence-corrected chi connectivity index (χ3v) is 7.46. The standard InChI is InChI=1S/C27H43Br2N3/c1-3-5-7-9-11-13-15-17-19-23-24(20-18-16-14-12-10-8-6-4-2)32-26-25(31-23)22(28)21-30-27(26)29/h21H,3-20H2,1-2H3. The molecule has 0 bridgehead atoms. The molecule has 0 aliphatic carbocycles. The van der Waals surface area contributed by atoms with E-state index in [-0.39, 0.29) is 0 Å². The van der Waals surface area contributed by atoms with Crippen molar-refractivity contribution >= 4 is 42.9 Å². The van der Waals surface area contributed by atoms with Crippen molar-refractivity contribution in [2.45, 2.75) is 129 Å². The maximum absolute atomic E-state index is 5.06. The van der Waals surface area contributed by atoms with E-state index in [0.717, 1.165) is 33.0 Å². The number of unbranched alkanes of at least 4 members (excludes halogenated alkanes) is 14. The van der Waals surface area contributed by atoms with E-state index in [2.05, 4.69) is 50.7 Å². The predicted octanol–water partition coefficient (Wildman–Crippen LogP) is 9.92. The highest BCUT2D eigenvalue weighted by Crippen LogP contribution is 2.27. The van der Waals surface area contributed by atoms with Crippen LogP contribution in [-0.4, -0.2) is 15.0 Å². The second-order valence-corrected chi connectivity index (χ2v) is 10.8. The lowest BCUT2D eigenvalue weighted by atomic mass is 10.0. The molecule has 2 heterocycles. The SMILES string of the molecule is CCCCCCCCCCc1nc2c(Br)cnc(Br)c2nc1CCCCCCCCCC. The van der Waals surface area contributed by atoms with Crippen LogP contribution in [0.15, 0.2) is 15.3 Å². The number of rotatable bonds is 18. The Morgan fingerprint density at radius 1 is 0.562 bits per heavy atom. The number of halogens is 2. The maximum atomic E-state index is 5.06. The minimum atomic E-state index is 0.791. The highest BCUT2D eigenvalue weighted by molar-refractivity contribution is 9.11. The van der Waals surface area contributed by atoms with Gasteiger partial charge in [-0.2, -0.15) is 0 Å². The van der Waals surface area contributed by atoms with Crippen molar-refractivity contribution in [3.63, 3.8) is 0 Å². The molecule has 3 nitrogen and oxygen atoms in total. The van der Waals surface area contributed by atoms with E-state index in [1.165, 1.54) is 114 Å². The molecule has 0 aromatic carbocycles. The number of pyridine rings is 1. The van der Waals surface area contributed by atoms with Crippen molar-refractivity contribution in [2.75, 3.05) is 0 Å². The van der Waals surface area contributed by atoms with E-state index in [1.54, 1.807) is 0 Å². The van der Waals surface area contributed by atoms with Gasteiger partial charge in [-0.05, 0) is 57.5 Å². The first-order chi connectivity index (χ1) is 15.7. The van der Waals surface area contributed by atoms with Crippen LogP contribution in [0.4, 0.5) is 0 Å². The lowest BCUT2D eigenvalue weighted by Gasteiger charge is -2.12. The summed E-state index contributed by atoms with van der Waals surface area (Å²) in [5, 5.41) is 0. The molecule has 0 radical (unpaired) electrons. The Balaban J connectivity index is 1.90. The van der Waals surface area contributed by atoms with E-state index >= 15 is 0 Å². The van der Waals surface area contributed by atoms with Crippen LogP contribution in [0.5, 0.6) is 0 Å². The topological polar surface area (TPSA) is 38.7 Å². The van der Waals surface area contributed by atoms with Crippen molar-refractivity contribution in [3.05, 3.63) is 26.7 Å². The fourth-order valence-corrected chi connectivity index (χ4v) is 5.06. The minimum Gasteiger partial charge on any atom is -0.248 e. The van der Waals surface area contributed by atoms with Crippen LogP contribution in [0.25, 0.3) is 11.0 Å². The molecule has 180 valence electrons. The van der Waals surface area contributed by atoms with Crippen molar-refractivity contribution in [3.8, 4) is 0 Å². The molecular formula is C27H43Br2N3. The highest BCUT2D eigenvalue weighted by atomic mass is 79.9. The lowest BCUT2D eigenvalue weighted by Crippen LogP contribution is -2.05. The zero-order chi connectivity index (χ0) is 23.0. The quantitative estimate of drug-likeness (QED) is 0.133. The second kappa shape index (κ2) is 17.0. The molecule has 0 aliphatic heterocycles. The van der Waals surface area contributed by atoms with Crippen molar-refractivity contribution in [2.24, 2.45) is 0 Å². The maximum Gasteiger partial charge on any atom is 0.133 e. The Morgan fingerprint density at radius 3 is 1.44 bits per heavy atom. The smallest absolute Gasteiger partial charge is 0.133 e. The summed E-state index contributed by atoms with van der Waals surface area (Å²) < 4.78 is 1.72. The summed E-state index contributed by atoms with van der Waals surface area (Å²) in [7, 11) is 0. The third kappa shape index (κ3) is 10.2.